The highest BCUT2D eigenvalue weighted by atomic mass is 16.5. The maximum Gasteiger partial charge on any atom is 0.230 e. The molecule has 6 rings (SSSR count). The van der Waals surface area contributed by atoms with Crippen molar-refractivity contribution in [1.29, 1.82) is 0 Å². The van der Waals surface area contributed by atoms with E-state index in [2.05, 4.69) is 65.6 Å². The molecule has 2 aromatic carbocycles. The molecule has 3 aromatic rings. The van der Waals surface area contributed by atoms with Gasteiger partial charge in [-0.3, -0.25) is 9.48 Å². The molecule has 40 heavy (non-hydrogen) atoms. The minimum atomic E-state index is 0.150. The number of anilines is 1. The van der Waals surface area contributed by atoms with E-state index in [0.29, 0.717) is 23.8 Å². The number of benzene rings is 2. The van der Waals surface area contributed by atoms with Gasteiger partial charge in [-0.25, -0.2) is 0 Å². The van der Waals surface area contributed by atoms with Gasteiger partial charge in [0.05, 0.1) is 32.6 Å². The van der Waals surface area contributed by atoms with Gasteiger partial charge in [-0.15, -0.1) is 0 Å². The number of carbonyl (C=O) groups excluding carboxylic acids is 1. The Balaban J connectivity index is 1.18. The number of carbonyl (C=O) groups is 1. The molecule has 6 nitrogen and oxygen atoms in total. The molecule has 1 amide bonds. The van der Waals surface area contributed by atoms with E-state index < -0.39 is 0 Å². The van der Waals surface area contributed by atoms with Crippen LogP contribution in [0.1, 0.15) is 80.9 Å². The normalized spacial score (nSPS) is 22.1. The van der Waals surface area contributed by atoms with Gasteiger partial charge in [0.2, 0.25) is 5.91 Å². The van der Waals surface area contributed by atoms with E-state index in [0.717, 1.165) is 68.0 Å². The van der Waals surface area contributed by atoms with Gasteiger partial charge in [-0.1, -0.05) is 43.5 Å². The zero-order chi connectivity index (χ0) is 27.5. The van der Waals surface area contributed by atoms with E-state index in [-0.39, 0.29) is 5.92 Å². The van der Waals surface area contributed by atoms with Crippen LogP contribution in [-0.2, 0) is 9.53 Å². The first-order valence-electron chi connectivity index (χ1n) is 15.3. The first-order chi connectivity index (χ1) is 19.6. The number of methoxy groups -OCH3 is 1. The molecular formula is C34H43N3O3. The first kappa shape index (κ1) is 27.1. The van der Waals surface area contributed by atoms with Crippen molar-refractivity contribution in [2.24, 2.45) is 11.8 Å². The standard InChI is InChI=1S/C34H43N3O3/c1-24-17-29(15-16-33(24)39-2)26-13-11-25(12-14-26)20-36(34(38)27-7-4-3-5-8-27)31-10-6-9-28(18-31)30-19-35-37(21-30)32-22-40-23-32/h6,9-10,15-19,21,25-27,32H,3-5,7-8,11-14,20,22-23H2,1-2H3/t25-,26-. The van der Waals surface area contributed by atoms with Gasteiger partial charge in [0.1, 0.15) is 5.75 Å². The van der Waals surface area contributed by atoms with Crippen molar-refractivity contribution in [3.05, 3.63) is 66.0 Å². The van der Waals surface area contributed by atoms with Crippen LogP contribution in [0.4, 0.5) is 5.69 Å². The van der Waals surface area contributed by atoms with E-state index >= 15 is 0 Å². The fourth-order valence-electron chi connectivity index (χ4n) is 6.90. The van der Waals surface area contributed by atoms with Crippen LogP contribution in [-0.4, -0.2) is 42.6 Å². The molecule has 212 valence electrons. The fraction of sp³-hybridized carbons (Fsp3) is 0.529. The fourth-order valence-corrected chi connectivity index (χ4v) is 6.90. The number of hydrogen-bond acceptors (Lipinski definition) is 4. The molecule has 2 heterocycles. The summed E-state index contributed by atoms with van der Waals surface area (Å²) in [6, 6.07) is 15.5. The number of nitrogens with zero attached hydrogens (tertiary/aromatic N) is 3. The molecule has 0 atom stereocenters. The van der Waals surface area contributed by atoms with Crippen molar-refractivity contribution in [1.82, 2.24) is 9.78 Å². The molecule has 1 aliphatic heterocycles. The topological polar surface area (TPSA) is 56.6 Å². The summed E-state index contributed by atoms with van der Waals surface area (Å²) in [7, 11) is 1.74. The Kier molecular flexibility index (Phi) is 8.24. The smallest absolute Gasteiger partial charge is 0.230 e. The number of aryl methyl sites for hydroxylation is 1. The summed E-state index contributed by atoms with van der Waals surface area (Å²) in [5.41, 5.74) is 5.87. The predicted octanol–water partition coefficient (Wildman–Crippen LogP) is 7.33. The highest BCUT2D eigenvalue weighted by Crippen LogP contribution is 2.39. The third kappa shape index (κ3) is 5.83. The number of amides is 1. The number of hydrogen-bond donors (Lipinski definition) is 0. The van der Waals surface area contributed by atoms with Crippen LogP contribution in [0.25, 0.3) is 11.1 Å². The predicted molar refractivity (Wildman–Crippen MR) is 159 cm³/mol. The first-order valence-corrected chi connectivity index (χ1v) is 15.3. The van der Waals surface area contributed by atoms with E-state index in [9.17, 15) is 4.79 Å². The third-order valence-corrected chi connectivity index (χ3v) is 9.49. The lowest BCUT2D eigenvalue weighted by Crippen LogP contribution is -2.41. The molecule has 2 saturated carbocycles. The number of aromatic nitrogens is 2. The summed E-state index contributed by atoms with van der Waals surface area (Å²) in [5, 5.41) is 4.59. The minimum Gasteiger partial charge on any atom is -0.496 e. The average Bonchev–Trinajstić information content (AvgIpc) is 3.45. The zero-order valence-corrected chi connectivity index (χ0v) is 24.1. The lowest BCUT2D eigenvalue weighted by atomic mass is 9.78. The minimum absolute atomic E-state index is 0.150. The van der Waals surface area contributed by atoms with Gasteiger partial charge in [0, 0.05) is 29.9 Å². The van der Waals surface area contributed by atoms with Crippen LogP contribution in [0.2, 0.25) is 0 Å². The molecule has 3 aliphatic rings. The SMILES string of the molecule is COc1ccc([C@H]2CC[C@H](CN(C(=O)C3CCCCC3)c3cccc(-c4cnn(C5COC5)c4)c3)CC2)cc1C. The van der Waals surface area contributed by atoms with Gasteiger partial charge < -0.3 is 14.4 Å². The van der Waals surface area contributed by atoms with Crippen LogP contribution in [0.5, 0.6) is 5.75 Å². The molecule has 0 spiro atoms. The molecule has 6 heteroatoms. The Hall–Kier alpha value is -3.12. The molecule has 3 fully saturated rings. The summed E-state index contributed by atoms with van der Waals surface area (Å²) in [6.07, 6.45) is 14.3. The highest BCUT2D eigenvalue weighted by Gasteiger charge is 2.31. The molecular weight excluding hydrogens is 498 g/mol. The molecule has 1 saturated heterocycles. The van der Waals surface area contributed by atoms with Crippen LogP contribution in [0, 0.1) is 18.8 Å². The quantitative estimate of drug-likeness (QED) is 0.300. The van der Waals surface area contributed by atoms with Gasteiger partial charge >= 0.3 is 0 Å². The summed E-state index contributed by atoms with van der Waals surface area (Å²) in [5.74, 6) is 2.54. The third-order valence-electron chi connectivity index (χ3n) is 9.49. The molecule has 0 unspecified atom stereocenters. The average molecular weight is 542 g/mol. The van der Waals surface area contributed by atoms with E-state index in [1.165, 1.54) is 43.2 Å². The molecule has 0 radical (unpaired) electrons. The maximum absolute atomic E-state index is 14.0. The second kappa shape index (κ2) is 12.2. The molecule has 0 N–H and O–H groups in total. The van der Waals surface area contributed by atoms with Crippen LogP contribution in [0.3, 0.4) is 0 Å². The van der Waals surface area contributed by atoms with E-state index in [1.807, 2.05) is 10.9 Å². The second-order valence-electron chi connectivity index (χ2n) is 12.2. The van der Waals surface area contributed by atoms with E-state index in [1.54, 1.807) is 7.11 Å². The Morgan fingerprint density at radius 2 is 1.80 bits per heavy atom. The Morgan fingerprint density at radius 3 is 2.50 bits per heavy atom. The summed E-state index contributed by atoms with van der Waals surface area (Å²) in [6.45, 7) is 4.39. The van der Waals surface area contributed by atoms with Crippen molar-refractivity contribution in [2.45, 2.75) is 76.7 Å². The number of rotatable bonds is 8. The van der Waals surface area contributed by atoms with Crippen molar-refractivity contribution < 1.29 is 14.3 Å². The largest absolute Gasteiger partial charge is 0.496 e. The van der Waals surface area contributed by atoms with Gasteiger partial charge in [-0.2, -0.15) is 5.10 Å². The van der Waals surface area contributed by atoms with Gasteiger partial charge in [0.15, 0.2) is 0 Å². The van der Waals surface area contributed by atoms with E-state index in [4.69, 9.17) is 9.47 Å². The van der Waals surface area contributed by atoms with Crippen LogP contribution < -0.4 is 9.64 Å². The van der Waals surface area contributed by atoms with Crippen LogP contribution >= 0.6 is 0 Å². The molecule has 0 bridgehead atoms. The summed E-state index contributed by atoms with van der Waals surface area (Å²) in [4.78, 5) is 16.2. The lowest BCUT2D eigenvalue weighted by Gasteiger charge is -2.35. The van der Waals surface area contributed by atoms with Crippen LogP contribution in [0.15, 0.2) is 54.9 Å². The Labute approximate surface area is 238 Å². The van der Waals surface area contributed by atoms with Gasteiger partial charge in [-0.05, 0) is 92.2 Å². The monoisotopic (exact) mass is 541 g/mol. The second-order valence-corrected chi connectivity index (χ2v) is 12.2. The summed E-state index contributed by atoms with van der Waals surface area (Å²) >= 11 is 0. The molecule has 2 aliphatic carbocycles. The summed E-state index contributed by atoms with van der Waals surface area (Å²) < 4.78 is 12.8. The lowest BCUT2D eigenvalue weighted by molar-refractivity contribution is -0.123. The van der Waals surface area contributed by atoms with Crippen molar-refractivity contribution in [2.75, 3.05) is 31.8 Å². The van der Waals surface area contributed by atoms with Crippen molar-refractivity contribution >= 4 is 11.6 Å². The van der Waals surface area contributed by atoms with Crippen molar-refractivity contribution in [3.63, 3.8) is 0 Å². The Bertz CT molecular complexity index is 1300. The maximum atomic E-state index is 14.0. The Morgan fingerprint density at radius 1 is 1.00 bits per heavy atom. The van der Waals surface area contributed by atoms with Gasteiger partial charge in [0.25, 0.3) is 0 Å². The zero-order valence-electron chi connectivity index (χ0n) is 24.1. The number of ether oxygens (including phenoxy) is 2. The highest BCUT2D eigenvalue weighted by molar-refractivity contribution is 5.95. The van der Waals surface area contributed by atoms with Crippen molar-refractivity contribution in [3.8, 4) is 16.9 Å². The molecule has 1 aromatic heterocycles.